The Balaban J connectivity index is 2.03. The van der Waals surface area contributed by atoms with Gasteiger partial charge in [0.25, 0.3) is 0 Å². The second kappa shape index (κ2) is 3.10. The highest BCUT2D eigenvalue weighted by Crippen LogP contribution is 2.54. The lowest BCUT2D eigenvalue weighted by Crippen LogP contribution is -2.40. The van der Waals surface area contributed by atoms with Crippen LogP contribution in [0.5, 0.6) is 0 Å². The van der Waals surface area contributed by atoms with Crippen LogP contribution < -0.4 is 0 Å². The zero-order chi connectivity index (χ0) is 9.47. The molecule has 0 aromatic carbocycles. The molecule has 1 aliphatic heterocycles. The largest absolute Gasteiger partial charge is 0.377 e. The molecule has 1 N–H and O–H groups in total. The molecule has 0 aromatic heterocycles. The fourth-order valence-electron chi connectivity index (χ4n) is 2.38. The SMILES string of the molecule is C=C(C)C1(C(O)N2CCCC2)CC1. The van der Waals surface area contributed by atoms with Gasteiger partial charge in [0.2, 0.25) is 0 Å². The number of aliphatic hydroxyl groups excluding tert-OH is 1. The van der Waals surface area contributed by atoms with E-state index in [2.05, 4.69) is 11.5 Å². The molecule has 0 amide bonds. The molecule has 2 fully saturated rings. The normalized spacial score (nSPS) is 28.8. The molecule has 74 valence electrons. The maximum absolute atomic E-state index is 10.2. The zero-order valence-electron chi connectivity index (χ0n) is 8.42. The van der Waals surface area contributed by atoms with Crippen LogP contribution in [0, 0.1) is 5.41 Å². The Bertz CT molecular complexity index is 214. The minimum atomic E-state index is -0.257. The van der Waals surface area contributed by atoms with Gasteiger partial charge in [0.05, 0.1) is 0 Å². The quantitative estimate of drug-likeness (QED) is 0.671. The van der Waals surface area contributed by atoms with Crippen molar-refractivity contribution in [2.75, 3.05) is 13.1 Å². The summed E-state index contributed by atoms with van der Waals surface area (Å²) in [6, 6.07) is 0. The Morgan fingerprint density at radius 2 is 1.92 bits per heavy atom. The van der Waals surface area contributed by atoms with Crippen LogP contribution in [-0.2, 0) is 0 Å². The number of nitrogens with zero attached hydrogens (tertiary/aromatic N) is 1. The first-order valence-electron chi connectivity index (χ1n) is 5.25. The van der Waals surface area contributed by atoms with Gasteiger partial charge in [-0.15, -0.1) is 0 Å². The summed E-state index contributed by atoms with van der Waals surface area (Å²) in [5.74, 6) is 0. The highest BCUT2D eigenvalue weighted by atomic mass is 16.3. The van der Waals surface area contributed by atoms with Crippen LogP contribution in [0.1, 0.15) is 32.6 Å². The Hall–Kier alpha value is -0.340. The summed E-state index contributed by atoms with van der Waals surface area (Å²) in [5, 5.41) is 10.2. The molecule has 2 rings (SSSR count). The minimum absolute atomic E-state index is 0.0599. The third-order valence-corrected chi connectivity index (χ3v) is 3.62. The summed E-state index contributed by atoms with van der Waals surface area (Å²) >= 11 is 0. The Kier molecular flexibility index (Phi) is 2.20. The van der Waals surface area contributed by atoms with Crippen LogP contribution >= 0.6 is 0 Å². The van der Waals surface area contributed by atoms with Crippen molar-refractivity contribution in [3.63, 3.8) is 0 Å². The third kappa shape index (κ3) is 1.42. The van der Waals surface area contributed by atoms with Gasteiger partial charge < -0.3 is 5.11 Å². The van der Waals surface area contributed by atoms with Gasteiger partial charge in [-0.3, -0.25) is 4.90 Å². The van der Waals surface area contributed by atoms with Crippen LogP contribution in [-0.4, -0.2) is 29.3 Å². The first-order valence-corrected chi connectivity index (χ1v) is 5.25. The summed E-state index contributed by atoms with van der Waals surface area (Å²) in [4.78, 5) is 2.21. The van der Waals surface area contributed by atoms with E-state index in [1.54, 1.807) is 0 Å². The number of aliphatic hydroxyl groups is 1. The van der Waals surface area contributed by atoms with Crippen LogP contribution in [0.15, 0.2) is 12.2 Å². The first-order chi connectivity index (χ1) is 6.17. The van der Waals surface area contributed by atoms with Gasteiger partial charge in [0, 0.05) is 18.5 Å². The van der Waals surface area contributed by atoms with Gasteiger partial charge in [-0.2, -0.15) is 0 Å². The Morgan fingerprint density at radius 1 is 1.38 bits per heavy atom. The number of hydrogen-bond acceptors (Lipinski definition) is 2. The molecule has 1 saturated heterocycles. The van der Waals surface area contributed by atoms with E-state index in [0.29, 0.717) is 0 Å². The lowest BCUT2D eigenvalue weighted by atomic mass is 9.96. The van der Waals surface area contributed by atoms with Crippen LogP contribution in [0.25, 0.3) is 0 Å². The van der Waals surface area contributed by atoms with Crippen molar-refractivity contribution in [3.05, 3.63) is 12.2 Å². The molecular weight excluding hydrogens is 162 g/mol. The predicted molar refractivity (Wildman–Crippen MR) is 53.3 cm³/mol. The maximum Gasteiger partial charge on any atom is 0.116 e. The van der Waals surface area contributed by atoms with Gasteiger partial charge >= 0.3 is 0 Å². The smallest absolute Gasteiger partial charge is 0.116 e. The first kappa shape index (κ1) is 9.22. The molecule has 2 heteroatoms. The van der Waals surface area contributed by atoms with Crippen molar-refractivity contribution in [2.24, 2.45) is 5.41 Å². The van der Waals surface area contributed by atoms with Gasteiger partial charge in [-0.25, -0.2) is 0 Å². The number of likely N-dealkylation sites (tertiary alicyclic amines) is 1. The Labute approximate surface area is 80.2 Å². The predicted octanol–water partition coefficient (Wildman–Crippen LogP) is 1.76. The van der Waals surface area contributed by atoms with Gasteiger partial charge in [0.1, 0.15) is 6.23 Å². The van der Waals surface area contributed by atoms with Crippen molar-refractivity contribution in [2.45, 2.75) is 38.8 Å². The minimum Gasteiger partial charge on any atom is -0.377 e. The fourth-order valence-corrected chi connectivity index (χ4v) is 2.38. The second-order valence-corrected chi connectivity index (χ2v) is 4.55. The van der Waals surface area contributed by atoms with E-state index in [-0.39, 0.29) is 11.6 Å². The van der Waals surface area contributed by atoms with Crippen molar-refractivity contribution in [3.8, 4) is 0 Å². The third-order valence-electron chi connectivity index (χ3n) is 3.62. The van der Waals surface area contributed by atoms with Crippen LogP contribution in [0.4, 0.5) is 0 Å². The highest BCUT2D eigenvalue weighted by Gasteiger charge is 2.51. The molecule has 2 aliphatic rings. The summed E-state index contributed by atoms with van der Waals surface area (Å²) in [6.45, 7) is 8.17. The van der Waals surface area contributed by atoms with Crippen molar-refractivity contribution >= 4 is 0 Å². The topological polar surface area (TPSA) is 23.5 Å². The summed E-state index contributed by atoms with van der Waals surface area (Å²) in [6.07, 6.45) is 4.47. The van der Waals surface area contributed by atoms with Crippen molar-refractivity contribution in [1.29, 1.82) is 0 Å². The summed E-state index contributed by atoms with van der Waals surface area (Å²) in [7, 11) is 0. The lowest BCUT2D eigenvalue weighted by Gasteiger charge is -2.30. The molecule has 13 heavy (non-hydrogen) atoms. The van der Waals surface area contributed by atoms with E-state index in [9.17, 15) is 5.11 Å². The zero-order valence-corrected chi connectivity index (χ0v) is 8.42. The molecule has 1 heterocycles. The average Bonchev–Trinajstić information content (AvgIpc) is 2.74. The molecule has 1 atom stereocenters. The van der Waals surface area contributed by atoms with Crippen molar-refractivity contribution < 1.29 is 5.11 Å². The van der Waals surface area contributed by atoms with E-state index in [1.165, 1.54) is 12.8 Å². The maximum atomic E-state index is 10.2. The molecule has 1 saturated carbocycles. The Morgan fingerprint density at radius 3 is 2.31 bits per heavy atom. The monoisotopic (exact) mass is 181 g/mol. The standard InChI is InChI=1S/C11H19NO/c1-9(2)11(5-6-11)10(13)12-7-3-4-8-12/h10,13H,1,3-8H2,2H3. The molecule has 2 nitrogen and oxygen atoms in total. The summed E-state index contributed by atoms with van der Waals surface area (Å²) < 4.78 is 0. The molecule has 1 aliphatic carbocycles. The van der Waals surface area contributed by atoms with Gasteiger partial charge in [-0.1, -0.05) is 12.2 Å². The molecule has 0 aromatic rings. The summed E-state index contributed by atoms with van der Waals surface area (Å²) in [5.41, 5.74) is 1.22. The highest BCUT2D eigenvalue weighted by molar-refractivity contribution is 5.19. The average molecular weight is 181 g/mol. The van der Waals surface area contributed by atoms with E-state index >= 15 is 0 Å². The van der Waals surface area contributed by atoms with Crippen LogP contribution in [0.2, 0.25) is 0 Å². The second-order valence-electron chi connectivity index (χ2n) is 4.55. The lowest BCUT2D eigenvalue weighted by molar-refractivity contribution is -0.0253. The van der Waals surface area contributed by atoms with Crippen molar-refractivity contribution in [1.82, 2.24) is 4.90 Å². The van der Waals surface area contributed by atoms with E-state index < -0.39 is 0 Å². The fraction of sp³-hybridized carbons (Fsp3) is 0.818. The molecular formula is C11H19NO. The van der Waals surface area contributed by atoms with Gasteiger partial charge in [-0.05, 0) is 32.6 Å². The number of hydrogen-bond donors (Lipinski definition) is 1. The molecule has 0 spiro atoms. The van der Waals surface area contributed by atoms with E-state index in [1.807, 2.05) is 6.92 Å². The van der Waals surface area contributed by atoms with Crippen LogP contribution in [0.3, 0.4) is 0 Å². The molecule has 0 bridgehead atoms. The van der Waals surface area contributed by atoms with Gasteiger partial charge in [0.15, 0.2) is 0 Å². The van der Waals surface area contributed by atoms with E-state index in [0.717, 1.165) is 31.5 Å². The van der Waals surface area contributed by atoms with E-state index in [4.69, 9.17) is 0 Å². The molecule has 0 radical (unpaired) electrons. The molecule has 1 unspecified atom stereocenters. The number of rotatable bonds is 3.